The summed E-state index contributed by atoms with van der Waals surface area (Å²) < 4.78 is 16.3. The molecule has 0 saturated carbocycles. The van der Waals surface area contributed by atoms with Crippen LogP contribution in [0.5, 0.6) is 17.2 Å². The van der Waals surface area contributed by atoms with Gasteiger partial charge in [0.15, 0.2) is 11.5 Å². The van der Waals surface area contributed by atoms with Crippen LogP contribution in [-0.2, 0) is 4.79 Å². The second-order valence-electron chi connectivity index (χ2n) is 7.13. The Morgan fingerprint density at radius 1 is 1.15 bits per heavy atom. The first kappa shape index (κ1) is 20.7. The summed E-state index contributed by atoms with van der Waals surface area (Å²) in [5, 5.41) is 9.30. The molecule has 1 aliphatic heterocycles. The molecule has 0 spiro atoms. The van der Waals surface area contributed by atoms with Crippen LogP contribution < -0.4 is 14.2 Å². The monoisotopic (exact) mass is 383 g/mol. The molecule has 1 heterocycles. The van der Waals surface area contributed by atoms with Crippen molar-refractivity contribution in [3.8, 4) is 17.2 Å². The van der Waals surface area contributed by atoms with Gasteiger partial charge in [-0.05, 0) is 24.3 Å². The molecule has 1 unspecified atom stereocenters. The topological polar surface area (TPSA) is 68.2 Å². The molecular weight excluding hydrogens is 354 g/mol. The number of amides is 1. The van der Waals surface area contributed by atoms with E-state index in [1.165, 1.54) is 0 Å². The average Bonchev–Trinajstić information content (AvgIpc) is 3.00. The number of carbonyl (C=O) groups is 1. The van der Waals surface area contributed by atoms with Gasteiger partial charge in [0.2, 0.25) is 5.91 Å². The van der Waals surface area contributed by atoms with Crippen molar-refractivity contribution in [1.82, 2.24) is 4.90 Å². The molecule has 146 valence electrons. The van der Waals surface area contributed by atoms with Gasteiger partial charge in [-0.25, -0.2) is 0 Å². The van der Waals surface area contributed by atoms with E-state index in [2.05, 4.69) is 0 Å². The minimum Gasteiger partial charge on any atom is -0.496 e. The number of benzene rings is 1. The number of aliphatic hydroxyl groups excluding tert-OH is 1. The van der Waals surface area contributed by atoms with Crippen molar-refractivity contribution in [2.24, 2.45) is 5.41 Å². The summed E-state index contributed by atoms with van der Waals surface area (Å²) in [5.41, 5.74) is 0.773. The summed E-state index contributed by atoms with van der Waals surface area (Å²) in [6.45, 7) is 4.85. The van der Waals surface area contributed by atoms with E-state index in [1.807, 2.05) is 24.8 Å². The number of hydrogen-bond acceptors (Lipinski definition) is 6. The number of aliphatic hydroxyl groups is 1. The summed E-state index contributed by atoms with van der Waals surface area (Å²) in [6.07, 6.45) is 1.69. The zero-order valence-corrected chi connectivity index (χ0v) is 17.0. The minimum absolute atomic E-state index is 0.116. The van der Waals surface area contributed by atoms with E-state index in [1.54, 1.807) is 39.2 Å². The first-order chi connectivity index (χ1) is 12.4. The molecule has 1 aliphatic rings. The van der Waals surface area contributed by atoms with Crippen LogP contribution >= 0.6 is 11.8 Å². The van der Waals surface area contributed by atoms with E-state index in [-0.39, 0.29) is 23.3 Å². The Morgan fingerprint density at radius 2 is 1.77 bits per heavy atom. The van der Waals surface area contributed by atoms with Crippen LogP contribution in [0.15, 0.2) is 12.1 Å². The number of thioether (sulfide) groups is 1. The lowest BCUT2D eigenvalue weighted by atomic mass is 9.89. The van der Waals surface area contributed by atoms with Gasteiger partial charge in [0, 0.05) is 24.8 Å². The Kier molecular flexibility index (Phi) is 7.06. The molecule has 1 N–H and O–H groups in total. The highest BCUT2D eigenvalue weighted by atomic mass is 32.2. The molecule has 1 amide bonds. The van der Waals surface area contributed by atoms with Crippen LogP contribution in [0.1, 0.15) is 37.6 Å². The lowest BCUT2D eigenvalue weighted by Gasteiger charge is -2.28. The van der Waals surface area contributed by atoms with Crippen molar-refractivity contribution >= 4 is 17.7 Å². The minimum atomic E-state index is -0.133. The molecule has 1 fully saturated rings. The van der Waals surface area contributed by atoms with Crippen LogP contribution in [0.2, 0.25) is 0 Å². The highest BCUT2D eigenvalue weighted by Gasteiger charge is 2.35. The van der Waals surface area contributed by atoms with Gasteiger partial charge in [-0.2, -0.15) is 0 Å². The smallest absolute Gasteiger partial charge is 0.233 e. The summed E-state index contributed by atoms with van der Waals surface area (Å²) in [6, 6.07) is 3.68. The van der Waals surface area contributed by atoms with E-state index < -0.39 is 0 Å². The maximum absolute atomic E-state index is 12.4. The number of hydrogen-bond donors (Lipinski definition) is 1. The van der Waals surface area contributed by atoms with Crippen molar-refractivity contribution in [2.45, 2.75) is 32.1 Å². The van der Waals surface area contributed by atoms with Crippen molar-refractivity contribution in [1.29, 1.82) is 0 Å². The van der Waals surface area contributed by atoms with Gasteiger partial charge in [0.05, 0.1) is 27.1 Å². The lowest BCUT2D eigenvalue weighted by Crippen LogP contribution is -2.30. The molecule has 0 bridgehead atoms. The molecule has 1 aromatic carbocycles. The molecule has 1 saturated heterocycles. The maximum Gasteiger partial charge on any atom is 0.233 e. The number of methoxy groups -OCH3 is 3. The first-order valence-corrected chi connectivity index (χ1v) is 9.73. The van der Waals surface area contributed by atoms with Gasteiger partial charge in [-0.3, -0.25) is 4.79 Å². The summed E-state index contributed by atoms with van der Waals surface area (Å²) >= 11 is 1.59. The molecule has 1 atom stereocenters. The fraction of sp³-hybridized carbons (Fsp3) is 0.632. The van der Waals surface area contributed by atoms with Gasteiger partial charge in [0.25, 0.3) is 0 Å². The number of rotatable bonds is 9. The number of nitrogens with zero attached hydrogens (tertiary/aromatic N) is 1. The normalized spacial score (nSPS) is 17.5. The largest absolute Gasteiger partial charge is 0.496 e. The van der Waals surface area contributed by atoms with E-state index in [4.69, 9.17) is 14.2 Å². The molecule has 0 radical (unpaired) electrons. The summed E-state index contributed by atoms with van der Waals surface area (Å²) in [7, 11) is 4.79. The van der Waals surface area contributed by atoms with Crippen molar-refractivity contribution < 1.29 is 24.1 Å². The van der Waals surface area contributed by atoms with Gasteiger partial charge < -0.3 is 24.2 Å². The Balaban J connectivity index is 2.24. The molecule has 2 rings (SSSR count). The Bertz CT molecular complexity index is 635. The summed E-state index contributed by atoms with van der Waals surface area (Å²) in [5.74, 6) is 2.46. The van der Waals surface area contributed by atoms with Crippen LogP contribution in [0.4, 0.5) is 0 Å². The van der Waals surface area contributed by atoms with Gasteiger partial charge in [-0.1, -0.05) is 13.8 Å². The van der Waals surface area contributed by atoms with E-state index in [9.17, 15) is 9.90 Å². The van der Waals surface area contributed by atoms with Crippen LogP contribution in [0, 0.1) is 5.41 Å². The Labute approximate surface area is 159 Å². The zero-order chi connectivity index (χ0) is 19.3. The predicted molar refractivity (Wildman–Crippen MR) is 103 cm³/mol. The maximum atomic E-state index is 12.4. The number of ether oxygens (including phenoxy) is 3. The van der Waals surface area contributed by atoms with Crippen molar-refractivity contribution in [3.05, 3.63) is 17.7 Å². The molecule has 26 heavy (non-hydrogen) atoms. The number of carbonyl (C=O) groups excluding carboxylic acids is 1. The van der Waals surface area contributed by atoms with E-state index >= 15 is 0 Å². The molecule has 0 aromatic heterocycles. The first-order valence-electron chi connectivity index (χ1n) is 8.68. The fourth-order valence-electron chi connectivity index (χ4n) is 3.01. The third kappa shape index (κ3) is 4.57. The molecular formula is C19H29NO5S. The summed E-state index contributed by atoms with van der Waals surface area (Å²) in [4.78, 5) is 14.3. The van der Waals surface area contributed by atoms with E-state index in [0.29, 0.717) is 29.5 Å². The predicted octanol–water partition coefficient (Wildman–Crippen LogP) is 3.09. The van der Waals surface area contributed by atoms with Crippen LogP contribution in [-0.4, -0.2) is 56.1 Å². The Hall–Kier alpha value is -1.60. The SMILES string of the molecule is COc1cc(OC)c(C2SCC(=O)N2CCCC(C)(C)CO)cc1OC. The molecule has 6 nitrogen and oxygen atoms in total. The standard InChI is InChI=1S/C19H29NO5S/c1-19(2,12-21)7-6-8-20-17(22)11-26-18(20)13-9-15(24-4)16(25-5)10-14(13)23-3/h9-10,18,21H,6-8,11-12H2,1-5H3. The molecule has 1 aromatic rings. The van der Waals surface area contributed by atoms with Gasteiger partial charge in [-0.15, -0.1) is 11.8 Å². The van der Waals surface area contributed by atoms with Gasteiger partial charge in [0.1, 0.15) is 11.1 Å². The van der Waals surface area contributed by atoms with Crippen LogP contribution in [0.25, 0.3) is 0 Å². The highest BCUT2D eigenvalue weighted by Crippen LogP contribution is 2.46. The van der Waals surface area contributed by atoms with Crippen molar-refractivity contribution in [2.75, 3.05) is 40.2 Å². The van der Waals surface area contributed by atoms with Crippen molar-refractivity contribution in [3.63, 3.8) is 0 Å². The Morgan fingerprint density at radius 3 is 2.35 bits per heavy atom. The second-order valence-corrected chi connectivity index (χ2v) is 8.19. The van der Waals surface area contributed by atoms with Gasteiger partial charge >= 0.3 is 0 Å². The quantitative estimate of drug-likeness (QED) is 0.707. The highest BCUT2D eigenvalue weighted by molar-refractivity contribution is 8.00. The fourth-order valence-corrected chi connectivity index (χ4v) is 4.24. The third-order valence-electron chi connectivity index (χ3n) is 4.65. The average molecular weight is 384 g/mol. The third-order valence-corrected chi connectivity index (χ3v) is 5.89. The lowest BCUT2D eigenvalue weighted by molar-refractivity contribution is -0.128. The second kappa shape index (κ2) is 8.86. The van der Waals surface area contributed by atoms with Crippen LogP contribution in [0.3, 0.4) is 0 Å². The zero-order valence-electron chi connectivity index (χ0n) is 16.2. The molecule has 7 heteroatoms. The molecule has 0 aliphatic carbocycles. The van der Waals surface area contributed by atoms with E-state index in [0.717, 1.165) is 18.4 Å².